The molecule has 2 aromatic rings. The third kappa shape index (κ3) is 4.04. The Morgan fingerprint density at radius 3 is 2.38 bits per heavy atom. The number of para-hydroxylation sites is 1. The minimum atomic E-state index is -0.621. The number of anilines is 1. The van der Waals surface area contributed by atoms with E-state index in [4.69, 9.17) is 5.73 Å². The molecular weight excluding hydrogens is 273 g/mol. The van der Waals surface area contributed by atoms with Crippen LogP contribution >= 0.6 is 0 Å². The molecule has 2 aromatic carbocycles. The van der Waals surface area contributed by atoms with Crippen molar-refractivity contribution in [1.29, 1.82) is 0 Å². The molecule has 2 rings (SSSR count). The molecular formula is C15H14FN3O2. The Morgan fingerprint density at radius 2 is 1.71 bits per heavy atom. The van der Waals surface area contributed by atoms with Gasteiger partial charge in [-0.3, -0.25) is 4.79 Å². The van der Waals surface area contributed by atoms with E-state index < -0.39 is 11.9 Å². The number of amides is 3. The van der Waals surface area contributed by atoms with Gasteiger partial charge in [-0.25, -0.2) is 9.18 Å². The summed E-state index contributed by atoms with van der Waals surface area (Å²) in [6.07, 6.45) is 0. The number of hydrogen-bond acceptors (Lipinski definition) is 2. The van der Waals surface area contributed by atoms with Crippen molar-refractivity contribution >= 4 is 17.6 Å². The van der Waals surface area contributed by atoms with E-state index >= 15 is 0 Å². The maximum Gasteiger partial charge on any atom is 0.319 e. The van der Waals surface area contributed by atoms with Gasteiger partial charge in [0.2, 0.25) is 0 Å². The predicted octanol–water partition coefficient (Wildman–Crippen LogP) is 2.25. The summed E-state index contributed by atoms with van der Waals surface area (Å²) in [4.78, 5) is 23.0. The van der Waals surface area contributed by atoms with E-state index in [9.17, 15) is 14.0 Å². The van der Waals surface area contributed by atoms with Crippen LogP contribution in [0.5, 0.6) is 0 Å². The topological polar surface area (TPSA) is 84.2 Å². The van der Waals surface area contributed by atoms with Crippen LogP contribution in [0.15, 0.2) is 48.5 Å². The van der Waals surface area contributed by atoms with Crippen molar-refractivity contribution in [3.05, 3.63) is 65.5 Å². The molecule has 0 aliphatic rings. The summed E-state index contributed by atoms with van der Waals surface area (Å²) in [7, 11) is 0. The minimum Gasteiger partial charge on any atom is -0.366 e. The molecule has 0 fully saturated rings. The molecule has 0 saturated carbocycles. The molecule has 0 heterocycles. The summed E-state index contributed by atoms with van der Waals surface area (Å²) in [5.41, 5.74) is 6.55. The summed E-state index contributed by atoms with van der Waals surface area (Å²) >= 11 is 0. The lowest BCUT2D eigenvalue weighted by Gasteiger charge is -2.10. The first kappa shape index (κ1) is 14.5. The van der Waals surface area contributed by atoms with E-state index in [-0.39, 0.29) is 17.9 Å². The van der Waals surface area contributed by atoms with Gasteiger partial charge in [-0.1, -0.05) is 24.3 Å². The average Bonchev–Trinajstić information content (AvgIpc) is 2.47. The zero-order valence-electron chi connectivity index (χ0n) is 11.1. The van der Waals surface area contributed by atoms with Gasteiger partial charge in [0.05, 0.1) is 11.3 Å². The van der Waals surface area contributed by atoms with Crippen molar-refractivity contribution in [3.63, 3.8) is 0 Å². The molecule has 0 aromatic heterocycles. The van der Waals surface area contributed by atoms with Crippen LogP contribution in [-0.4, -0.2) is 11.9 Å². The predicted molar refractivity (Wildman–Crippen MR) is 77.2 cm³/mol. The highest BCUT2D eigenvalue weighted by atomic mass is 19.1. The fourth-order valence-corrected chi connectivity index (χ4v) is 1.76. The van der Waals surface area contributed by atoms with Crippen molar-refractivity contribution in [1.82, 2.24) is 5.32 Å². The number of rotatable bonds is 4. The largest absolute Gasteiger partial charge is 0.366 e. The lowest BCUT2D eigenvalue weighted by molar-refractivity contribution is 0.100. The molecule has 21 heavy (non-hydrogen) atoms. The Balaban J connectivity index is 1.96. The molecule has 0 aliphatic heterocycles. The summed E-state index contributed by atoms with van der Waals surface area (Å²) in [5, 5.41) is 5.16. The van der Waals surface area contributed by atoms with Gasteiger partial charge in [-0.2, -0.15) is 0 Å². The molecule has 4 N–H and O–H groups in total. The third-order valence-electron chi connectivity index (χ3n) is 2.81. The SMILES string of the molecule is NC(=O)c1ccccc1NC(=O)NCc1ccc(F)cc1. The first-order valence-corrected chi connectivity index (χ1v) is 6.24. The molecule has 3 amide bonds. The Bertz CT molecular complexity index is 656. The number of urea groups is 1. The van der Waals surface area contributed by atoms with E-state index in [1.165, 1.54) is 18.2 Å². The monoisotopic (exact) mass is 287 g/mol. The van der Waals surface area contributed by atoms with Crippen LogP contribution < -0.4 is 16.4 Å². The number of hydrogen-bond donors (Lipinski definition) is 3. The standard InChI is InChI=1S/C15H14FN3O2/c16-11-7-5-10(6-8-11)9-18-15(21)19-13-4-2-1-3-12(13)14(17)20/h1-8H,9H2,(H2,17,20)(H2,18,19,21). The van der Waals surface area contributed by atoms with Crippen LogP contribution in [0.3, 0.4) is 0 Å². The number of carbonyl (C=O) groups is 2. The number of nitrogens with two attached hydrogens (primary N) is 1. The van der Waals surface area contributed by atoms with Crippen molar-refractivity contribution < 1.29 is 14.0 Å². The quantitative estimate of drug-likeness (QED) is 0.805. The fraction of sp³-hybridized carbons (Fsp3) is 0.0667. The Hall–Kier alpha value is -2.89. The first-order valence-electron chi connectivity index (χ1n) is 6.24. The van der Waals surface area contributed by atoms with E-state index in [1.54, 1.807) is 30.3 Å². The summed E-state index contributed by atoms with van der Waals surface area (Å²) in [6, 6.07) is 11.8. The molecule has 0 atom stereocenters. The van der Waals surface area contributed by atoms with Gasteiger partial charge in [-0.05, 0) is 29.8 Å². The smallest absolute Gasteiger partial charge is 0.319 e. The van der Waals surface area contributed by atoms with Gasteiger partial charge in [0.25, 0.3) is 5.91 Å². The Kier molecular flexibility index (Phi) is 4.50. The van der Waals surface area contributed by atoms with Crippen molar-refractivity contribution in [2.45, 2.75) is 6.54 Å². The van der Waals surface area contributed by atoms with Crippen molar-refractivity contribution in [3.8, 4) is 0 Å². The van der Waals surface area contributed by atoms with Crippen LogP contribution in [0.2, 0.25) is 0 Å². The highest BCUT2D eigenvalue weighted by molar-refractivity contribution is 6.02. The van der Waals surface area contributed by atoms with E-state index in [0.29, 0.717) is 5.69 Å². The van der Waals surface area contributed by atoms with Gasteiger partial charge in [0, 0.05) is 6.54 Å². The van der Waals surface area contributed by atoms with Crippen molar-refractivity contribution in [2.24, 2.45) is 5.73 Å². The number of primary amides is 1. The van der Waals surface area contributed by atoms with Crippen LogP contribution in [0.1, 0.15) is 15.9 Å². The molecule has 0 aliphatic carbocycles. The van der Waals surface area contributed by atoms with Crippen LogP contribution in [0.4, 0.5) is 14.9 Å². The van der Waals surface area contributed by atoms with Gasteiger partial charge in [0.1, 0.15) is 5.82 Å². The van der Waals surface area contributed by atoms with E-state index in [2.05, 4.69) is 10.6 Å². The van der Waals surface area contributed by atoms with E-state index in [1.807, 2.05) is 0 Å². The molecule has 6 heteroatoms. The fourth-order valence-electron chi connectivity index (χ4n) is 1.76. The Labute approximate surface area is 121 Å². The number of benzene rings is 2. The highest BCUT2D eigenvalue weighted by Crippen LogP contribution is 2.13. The zero-order chi connectivity index (χ0) is 15.2. The molecule has 5 nitrogen and oxygen atoms in total. The second kappa shape index (κ2) is 6.51. The maximum atomic E-state index is 12.7. The summed E-state index contributed by atoms with van der Waals surface area (Å²) in [6.45, 7) is 0.241. The first-order chi connectivity index (χ1) is 10.1. The zero-order valence-corrected chi connectivity index (χ0v) is 11.1. The molecule has 0 spiro atoms. The normalized spacial score (nSPS) is 9.95. The van der Waals surface area contributed by atoms with Gasteiger partial charge >= 0.3 is 6.03 Å². The van der Waals surface area contributed by atoms with Gasteiger partial charge in [0.15, 0.2) is 0 Å². The molecule has 0 radical (unpaired) electrons. The molecule has 0 saturated heterocycles. The highest BCUT2D eigenvalue weighted by Gasteiger charge is 2.09. The lowest BCUT2D eigenvalue weighted by atomic mass is 10.1. The van der Waals surface area contributed by atoms with E-state index in [0.717, 1.165) is 5.56 Å². The summed E-state index contributed by atoms with van der Waals surface area (Å²) in [5.74, 6) is -0.956. The van der Waals surface area contributed by atoms with Crippen molar-refractivity contribution in [2.75, 3.05) is 5.32 Å². The maximum absolute atomic E-state index is 12.7. The number of carbonyl (C=O) groups excluding carboxylic acids is 2. The van der Waals surface area contributed by atoms with Crippen LogP contribution in [0.25, 0.3) is 0 Å². The molecule has 0 bridgehead atoms. The number of halogens is 1. The second-order valence-corrected chi connectivity index (χ2v) is 4.34. The minimum absolute atomic E-state index is 0.231. The van der Waals surface area contributed by atoms with Crippen LogP contribution in [0, 0.1) is 5.82 Å². The average molecular weight is 287 g/mol. The Morgan fingerprint density at radius 1 is 1.05 bits per heavy atom. The van der Waals surface area contributed by atoms with Crippen LogP contribution in [-0.2, 0) is 6.54 Å². The van der Waals surface area contributed by atoms with Gasteiger partial charge < -0.3 is 16.4 Å². The number of nitrogens with one attached hydrogen (secondary N) is 2. The second-order valence-electron chi connectivity index (χ2n) is 4.34. The summed E-state index contributed by atoms with van der Waals surface area (Å²) < 4.78 is 12.7. The third-order valence-corrected chi connectivity index (χ3v) is 2.81. The lowest BCUT2D eigenvalue weighted by Crippen LogP contribution is -2.29. The molecule has 0 unspecified atom stereocenters. The molecule has 108 valence electrons. The van der Waals surface area contributed by atoms with Gasteiger partial charge in [-0.15, -0.1) is 0 Å².